The minimum atomic E-state index is 0.0666. The van der Waals surface area contributed by atoms with Crippen molar-refractivity contribution in [1.29, 1.82) is 0 Å². The van der Waals surface area contributed by atoms with Gasteiger partial charge in [-0.3, -0.25) is 9.48 Å². The lowest BCUT2D eigenvalue weighted by Crippen LogP contribution is -2.23. The molecule has 0 spiro atoms. The van der Waals surface area contributed by atoms with Gasteiger partial charge in [-0.25, -0.2) is 0 Å². The SMILES string of the molecule is CC(C)Cc1ccc(CNC(=O)CCc2ccn(C)n2)cc1. The van der Waals surface area contributed by atoms with Crippen LogP contribution >= 0.6 is 0 Å². The first-order valence-electron chi connectivity index (χ1n) is 7.86. The zero-order valence-corrected chi connectivity index (χ0v) is 13.7. The number of aryl methyl sites for hydroxylation is 2. The van der Waals surface area contributed by atoms with E-state index in [-0.39, 0.29) is 5.91 Å². The topological polar surface area (TPSA) is 46.9 Å². The van der Waals surface area contributed by atoms with Gasteiger partial charge < -0.3 is 5.32 Å². The summed E-state index contributed by atoms with van der Waals surface area (Å²) < 4.78 is 1.76. The molecule has 4 heteroatoms. The first-order valence-corrected chi connectivity index (χ1v) is 7.86. The molecule has 0 aliphatic carbocycles. The molecule has 0 radical (unpaired) electrons. The molecule has 22 heavy (non-hydrogen) atoms. The van der Waals surface area contributed by atoms with Crippen LogP contribution in [0.5, 0.6) is 0 Å². The van der Waals surface area contributed by atoms with Crippen LogP contribution in [0, 0.1) is 5.92 Å². The average molecular weight is 299 g/mol. The maximum Gasteiger partial charge on any atom is 0.220 e. The summed E-state index contributed by atoms with van der Waals surface area (Å²) >= 11 is 0. The van der Waals surface area contributed by atoms with Gasteiger partial charge in [0.15, 0.2) is 0 Å². The zero-order valence-electron chi connectivity index (χ0n) is 13.7. The van der Waals surface area contributed by atoms with Gasteiger partial charge in [0.25, 0.3) is 0 Å². The second kappa shape index (κ2) is 7.78. The van der Waals surface area contributed by atoms with Gasteiger partial charge >= 0.3 is 0 Å². The van der Waals surface area contributed by atoms with Crippen LogP contribution < -0.4 is 5.32 Å². The first kappa shape index (κ1) is 16.3. The van der Waals surface area contributed by atoms with Crippen LogP contribution in [0.4, 0.5) is 0 Å². The highest BCUT2D eigenvalue weighted by atomic mass is 16.1. The van der Waals surface area contributed by atoms with Crippen molar-refractivity contribution in [2.24, 2.45) is 13.0 Å². The van der Waals surface area contributed by atoms with Gasteiger partial charge in [0.2, 0.25) is 5.91 Å². The Hall–Kier alpha value is -2.10. The summed E-state index contributed by atoms with van der Waals surface area (Å²) in [4.78, 5) is 11.9. The molecule has 0 aliphatic heterocycles. The van der Waals surface area contributed by atoms with E-state index < -0.39 is 0 Å². The Labute approximate surface area is 132 Å². The van der Waals surface area contributed by atoms with Crippen LogP contribution in [0.3, 0.4) is 0 Å². The lowest BCUT2D eigenvalue weighted by atomic mass is 10.0. The summed E-state index contributed by atoms with van der Waals surface area (Å²) in [6, 6.07) is 10.4. The molecular formula is C18H25N3O. The zero-order chi connectivity index (χ0) is 15.9. The molecule has 0 aliphatic rings. The maximum atomic E-state index is 11.9. The number of benzene rings is 1. The Balaban J connectivity index is 1.73. The summed E-state index contributed by atoms with van der Waals surface area (Å²) in [6.07, 6.45) is 4.14. The third-order valence-corrected chi connectivity index (χ3v) is 3.53. The fourth-order valence-electron chi connectivity index (χ4n) is 2.39. The number of nitrogens with zero attached hydrogens (tertiary/aromatic N) is 2. The summed E-state index contributed by atoms with van der Waals surface area (Å²) in [7, 11) is 1.88. The highest BCUT2D eigenvalue weighted by Crippen LogP contribution is 2.09. The average Bonchev–Trinajstić information content (AvgIpc) is 2.89. The predicted octanol–water partition coefficient (Wildman–Crippen LogP) is 2.87. The number of hydrogen-bond donors (Lipinski definition) is 1. The van der Waals surface area contributed by atoms with E-state index in [0.717, 1.165) is 17.7 Å². The van der Waals surface area contributed by atoms with E-state index in [1.807, 2.05) is 19.3 Å². The Morgan fingerprint density at radius 3 is 2.45 bits per heavy atom. The van der Waals surface area contributed by atoms with E-state index in [9.17, 15) is 4.79 Å². The molecule has 0 atom stereocenters. The maximum absolute atomic E-state index is 11.9. The van der Waals surface area contributed by atoms with Gasteiger partial charge in [0.1, 0.15) is 0 Å². The molecule has 118 valence electrons. The van der Waals surface area contributed by atoms with Gasteiger partial charge in [-0.15, -0.1) is 0 Å². The number of carbonyl (C=O) groups excluding carboxylic acids is 1. The Morgan fingerprint density at radius 2 is 1.86 bits per heavy atom. The van der Waals surface area contributed by atoms with Crippen LogP contribution in [0.15, 0.2) is 36.5 Å². The van der Waals surface area contributed by atoms with E-state index >= 15 is 0 Å². The molecule has 0 saturated heterocycles. The number of rotatable bonds is 7. The lowest BCUT2D eigenvalue weighted by molar-refractivity contribution is -0.121. The summed E-state index contributed by atoms with van der Waals surface area (Å²) in [6.45, 7) is 5.02. The molecule has 1 aromatic heterocycles. The monoisotopic (exact) mass is 299 g/mol. The number of nitrogens with one attached hydrogen (secondary N) is 1. The number of hydrogen-bond acceptors (Lipinski definition) is 2. The van der Waals surface area contributed by atoms with Crippen LogP contribution in [0.2, 0.25) is 0 Å². The molecular weight excluding hydrogens is 274 g/mol. The highest BCUT2D eigenvalue weighted by molar-refractivity contribution is 5.76. The van der Waals surface area contributed by atoms with Crippen LogP contribution in [0.25, 0.3) is 0 Å². The van der Waals surface area contributed by atoms with E-state index in [0.29, 0.717) is 25.3 Å². The molecule has 1 N–H and O–H groups in total. The summed E-state index contributed by atoms with van der Waals surface area (Å²) in [5.74, 6) is 0.731. The minimum absolute atomic E-state index is 0.0666. The van der Waals surface area contributed by atoms with E-state index in [4.69, 9.17) is 0 Å². The van der Waals surface area contributed by atoms with Gasteiger partial charge in [-0.05, 0) is 29.5 Å². The second-order valence-electron chi connectivity index (χ2n) is 6.17. The van der Waals surface area contributed by atoms with E-state index in [1.54, 1.807) is 4.68 Å². The Morgan fingerprint density at radius 1 is 1.18 bits per heavy atom. The van der Waals surface area contributed by atoms with Gasteiger partial charge in [-0.1, -0.05) is 38.1 Å². The quantitative estimate of drug-likeness (QED) is 0.854. The smallest absolute Gasteiger partial charge is 0.220 e. The van der Waals surface area contributed by atoms with E-state index in [1.165, 1.54) is 5.56 Å². The summed E-state index contributed by atoms with van der Waals surface area (Å²) in [5.41, 5.74) is 3.44. The van der Waals surface area contributed by atoms with Crippen molar-refractivity contribution in [1.82, 2.24) is 15.1 Å². The van der Waals surface area contributed by atoms with Crippen molar-refractivity contribution in [3.63, 3.8) is 0 Å². The van der Waals surface area contributed by atoms with Crippen molar-refractivity contribution in [3.05, 3.63) is 53.3 Å². The largest absolute Gasteiger partial charge is 0.352 e. The molecule has 0 saturated carbocycles. The van der Waals surface area contributed by atoms with Crippen molar-refractivity contribution in [3.8, 4) is 0 Å². The Bertz CT molecular complexity index is 599. The number of amides is 1. The molecule has 1 aromatic carbocycles. The van der Waals surface area contributed by atoms with Crippen LogP contribution in [-0.2, 0) is 31.2 Å². The lowest BCUT2D eigenvalue weighted by Gasteiger charge is -2.08. The molecule has 4 nitrogen and oxygen atoms in total. The van der Waals surface area contributed by atoms with E-state index in [2.05, 4.69) is 48.5 Å². The number of carbonyl (C=O) groups is 1. The minimum Gasteiger partial charge on any atom is -0.352 e. The third-order valence-electron chi connectivity index (χ3n) is 3.53. The van der Waals surface area contributed by atoms with Crippen LogP contribution in [-0.4, -0.2) is 15.7 Å². The predicted molar refractivity (Wildman–Crippen MR) is 88.4 cm³/mol. The van der Waals surface area contributed by atoms with Gasteiger partial charge in [-0.2, -0.15) is 5.10 Å². The molecule has 1 heterocycles. The van der Waals surface area contributed by atoms with Crippen LogP contribution in [0.1, 0.15) is 37.1 Å². The fraction of sp³-hybridized carbons (Fsp3) is 0.444. The second-order valence-corrected chi connectivity index (χ2v) is 6.17. The van der Waals surface area contributed by atoms with Gasteiger partial charge in [0, 0.05) is 32.6 Å². The van der Waals surface area contributed by atoms with Crippen molar-refractivity contribution < 1.29 is 4.79 Å². The molecule has 2 rings (SSSR count). The highest BCUT2D eigenvalue weighted by Gasteiger charge is 2.04. The molecule has 2 aromatic rings. The van der Waals surface area contributed by atoms with Crippen molar-refractivity contribution >= 4 is 5.91 Å². The third kappa shape index (κ3) is 5.35. The van der Waals surface area contributed by atoms with Crippen molar-refractivity contribution in [2.75, 3.05) is 0 Å². The van der Waals surface area contributed by atoms with Crippen molar-refractivity contribution in [2.45, 2.75) is 39.7 Å². The normalized spacial score (nSPS) is 10.9. The number of aromatic nitrogens is 2. The fourth-order valence-corrected chi connectivity index (χ4v) is 2.39. The molecule has 1 amide bonds. The summed E-state index contributed by atoms with van der Waals surface area (Å²) in [5, 5.41) is 7.23. The van der Waals surface area contributed by atoms with Gasteiger partial charge in [0.05, 0.1) is 5.69 Å². The molecule has 0 unspecified atom stereocenters. The first-order chi connectivity index (χ1) is 10.5. The molecule has 0 fully saturated rings. The Kier molecular flexibility index (Phi) is 5.75. The standard InChI is InChI=1S/C18H25N3O/c1-14(2)12-15-4-6-16(7-5-15)13-19-18(22)9-8-17-10-11-21(3)20-17/h4-7,10-11,14H,8-9,12-13H2,1-3H3,(H,19,22). The molecule has 0 bridgehead atoms.